The standard InChI is InChI=1S/C7H7F3N2/c1-4-6(11)5(2-3-12-4)7(8,9)10/h2-3H,11H2,1H3. The zero-order valence-electron chi connectivity index (χ0n) is 6.31. The van der Waals surface area contributed by atoms with Crippen molar-refractivity contribution in [2.24, 2.45) is 0 Å². The first-order chi connectivity index (χ1) is 5.43. The summed E-state index contributed by atoms with van der Waals surface area (Å²) >= 11 is 0. The van der Waals surface area contributed by atoms with Crippen LogP contribution < -0.4 is 5.73 Å². The fourth-order valence-corrected chi connectivity index (χ4v) is 0.825. The molecule has 0 aliphatic carbocycles. The fourth-order valence-electron chi connectivity index (χ4n) is 0.825. The summed E-state index contributed by atoms with van der Waals surface area (Å²) in [5.41, 5.74) is 4.26. The van der Waals surface area contributed by atoms with Crippen molar-refractivity contribution in [2.75, 3.05) is 5.73 Å². The predicted octanol–water partition coefficient (Wildman–Crippen LogP) is 1.99. The minimum Gasteiger partial charge on any atom is -0.397 e. The van der Waals surface area contributed by atoms with Crippen molar-refractivity contribution in [2.45, 2.75) is 13.1 Å². The van der Waals surface area contributed by atoms with E-state index in [1.807, 2.05) is 0 Å². The molecule has 1 aromatic rings. The molecule has 2 N–H and O–H groups in total. The third kappa shape index (κ3) is 1.49. The van der Waals surface area contributed by atoms with E-state index in [2.05, 4.69) is 4.98 Å². The van der Waals surface area contributed by atoms with Gasteiger partial charge in [-0.05, 0) is 13.0 Å². The van der Waals surface area contributed by atoms with Gasteiger partial charge in [-0.1, -0.05) is 0 Å². The van der Waals surface area contributed by atoms with Crippen LogP contribution in [0.2, 0.25) is 0 Å². The van der Waals surface area contributed by atoms with E-state index in [-0.39, 0.29) is 11.4 Å². The highest BCUT2D eigenvalue weighted by atomic mass is 19.4. The quantitative estimate of drug-likeness (QED) is 0.656. The number of hydrogen-bond donors (Lipinski definition) is 1. The van der Waals surface area contributed by atoms with Crippen molar-refractivity contribution in [3.8, 4) is 0 Å². The van der Waals surface area contributed by atoms with Crippen LogP contribution in [0.25, 0.3) is 0 Å². The second kappa shape index (κ2) is 2.66. The van der Waals surface area contributed by atoms with Gasteiger partial charge in [-0.15, -0.1) is 0 Å². The lowest BCUT2D eigenvalue weighted by Gasteiger charge is -2.10. The summed E-state index contributed by atoms with van der Waals surface area (Å²) < 4.78 is 36.4. The number of nitrogens with zero attached hydrogens (tertiary/aromatic N) is 1. The van der Waals surface area contributed by atoms with E-state index in [1.165, 1.54) is 6.92 Å². The van der Waals surface area contributed by atoms with Crippen LogP contribution in [0, 0.1) is 6.92 Å². The first kappa shape index (κ1) is 8.83. The van der Waals surface area contributed by atoms with Gasteiger partial charge in [-0.2, -0.15) is 13.2 Å². The Morgan fingerprint density at radius 1 is 1.42 bits per heavy atom. The van der Waals surface area contributed by atoms with Gasteiger partial charge in [0.05, 0.1) is 16.9 Å². The monoisotopic (exact) mass is 176 g/mol. The number of rotatable bonds is 0. The molecule has 0 unspecified atom stereocenters. The van der Waals surface area contributed by atoms with Crippen molar-refractivity contribution >= 4 is 5.69 Å². The van der Waals surface area contributed by atoms with Gasteiger partial charge >= 0.3 is 6.18 Å². The van der Waals surface area contributed by atoms with Gasteiger partial charge in [0.1, 0.15) is 0 Å². The summed E-state index contributed by atoms with van der Waals surface area (Å²) in [6.45, 7) is 1.44. The number of aromatic nitrogens is 1. The highest BCUT2D eigenvalue weighted by molar-refractivity contribution is 5.51. The Kier molecular flexibility index (Phi) is 1.95. The minimum atomic E-state index is -4.39. The van der Waals surface area contributed by atoms with Gasteiger partial charge in [-0.25, -0.2) is 0 Å². The lowest BCUT2D eigenvalue weighted by Crippen LogP contribution is -2.10. The van der Waals surface area contributed by atoms with E-state index in [1.54, 1.807) is 0 Å². The fraction of sp³-hybridized carbons (Fsp3) is 0.286. The van der Waals surface area contributed by atoms with Crippen LogP contribution >= 0.6 is 0 Å². The van der Waals surface area contributed by atoms with Crippen molar-refractivity contribution in [3.05, 3.63) is 23.5 Å². The second-order valence-corrected chi connectivity index (χ2v) is 2.36. The summed E-state index contributed by atoms with van der Waals surface area (Å²) in [5, 5.41) is 0. The first-order valence-electron chi connectivity index (χ1n) is 3.21. The van der Waals surface area contributed by atoms with Crippen LogP contribution in [-0.4, -0.2) is 4.98 Å². The van der Waals surface area contributed by atoms with Crippen LogP contribution in [-0.2, 0) is 6.18 Å². The molecule has 1 aromatic heterocycles. The van der Waals surface area contributed by atoms with Crippen LogP contribution in [0.1, 0.15) is 11.3 Å². The SMILES string of the molecule is Cc1nccc(C(F)(F)F)c1N. The molecule has 0 spiro atoms. The highest BCUT2D eigenvalue weighted by Gasteiger charge is 2.33. The number of alkyl halides is 3. The zero-order chi connectivity index (χ0) is 9.35. The summed E-state index contributed by atoms with van der Waals surface area (Å²) in [6, 6.07) is 0.863. The maximum absolute atomic E-state index is 12.1. The Morgan fingerprint density at radius 2 is 2.00 bits per heavy atom. The molecular formula is C7H7F3N2. The number of nitrogen functional groups attached to an aromatic ring is 1. The topological polar surface area (TPSA) is 38.9 Å². The van der Waals surface area contributed by atoms with E-state index in [0.717, 1.165) is 12.3 Å². The molecular weight excluding hydrogens is 169 g/mol. The van der Waals surface area contributed by atoms with Gasteiger partial charge in [0, 0.05) is 6.20 Å². The molecule has 0 amide bonds. The average molecular weight is 176 g/mol. The minimum absolute atomic E-state index is 0.199. The third-order valence-corrected chi connectivity index (χ3v) is 1.49. The normalized spacial score (nSPS) is 11.7. The van der Waals surface area contributed by atoms with E-state index in [0.29, 0.717) is 0 Å². The van der Waals surface area contributed by atoms with E-state index in [4.69, 9.17) is 5.73 Å². The van der Waals surface area contributed by atoms with E-state index < -0.39 is 11.7 Å². The Morgan fingerprint density at radius 3 is 2.42 bits per heavy atom. The van der Waals surface area contributed by atoms with Crippen molar-refractivity contribution in [1.82, 2.24) is 4.98 Å². The van der Waals surface area contributed by atoms with Crippen LogP contribution in [0.3, 0.4) is 0 Å². The lowest BCUT2D eigenvalue weighted by molar-refractivity contribution is -0.137. The molecule has 0 bridgehead atoms. The highest BCUT2D eigenvalue weighted by Crippen LogP contribution is 2.33. The zero-order valence-corrected chi connectivity index (χ0v) is 6.31. The second-order valence-electron chi connectivity index (χ2n) is 2.36. The van der Waals surface area contributed by atoms with Crippen LogP contribution in [0.4, 0.5) is 18.9 Å². The summed E-state index contributed by atoms with van der Waals surface area (Å²) in [4.78, 5) is 3.63. The number of halogens is 3. The van der Waals surface area contributed by atoms with Gasteiger partial charge in [-0.3, -0.25) is 4.98 Å². The Bertz CT molecular complexity index is 293. The van der Waals surface area contributed by atoms with Crippen LogP contribution in [0.15, 0.2) is 12.3 Å². The Balaban J connectivity index is 3.26. The molecule has 2 nitrogen and oxygen atoms in total. The Labute approximate surface area is 67.2 Å². The molecule has 12 heavy (non-hydrogen) atoms. The van der Waals surface area contributed by atoms with Gasteiger partial charge in [0.2, 0.25) is 0 Å². The molecule has 0 fully saturated rings. The number of anilines is 1. The van der Waals surface area contributed by atoms with Gasteiger partial charge in [0.25, 0.3) is 0 Å². The molecule has 0 aliphatic rings. The number of pyridine rings is 1. The summed E-state index contributed by atoms with van der Waals surface area (Å²) in [7, 11) is 0. The lowest BCUT2D eigenvalue weighted by atomic mass is 10.2. The number of aryl methyl sites for hydroxylation is 1. The Hall–Kier alpha value is -1.26. The van der Waals surface area contributed by atoms with Crippen molar-refractivity contribution < 1.29 is 13.2 Å². The average Bonchev–Trinajstić information content (AvgIpc) is 1.92. The predicted molar refractivity (Wildman–Crippen MR) is 38.4 cm³/mol. The summed E-state index contributed by atoms with van der Waals surface area (Å²) in [6.07, 6.45) is -3.30. The van der Waals surface area contributed by atoms with Crippen LogP contribution in [0.5, 0.6) is 0 Å². The molecule has 0 radical (unpaired) electrons. The molecule has 0 aliphatic heterocycles. The number of nitrogens with two attached hydrogens (primary N) is 1. The van der Waals surface area contributed by atoms with Gasteiger partial charge < -0.3 is 5.73 Å². The molecule has 0 atom stereocenters. The maximum Gasteiger partial charge on any atom is 0.418 e. The molecule has 0 saturated carbocycles. The van der Waals surface area contributed by atoms with Crippen molar-refractivity contribution in [3.63, 3.8) is 0 Å². The largest absolute Gasteiger partial charge is 0.418 e. The third-order valence-electron chi connectivity index (χ3n) is 1.49. The van der Waals surface area contributed by atoms with E-state index >= 15 is 0 Å². The van der Waals surface area contributed by atoms with Crippen molar-refractivity contribution in [1.29, 1.82) is 0 Å². The smallest absolute Gasteiger partial charge is 0.397 e. The molecule has 0 aromatic carbocycles. The molecule has 1 rings (SSSR count). The molecule has 5 heteroatoms. The molecule has 66 valence electrons. The van der Waals surface area contributed by atoms with Gasteiger partial charge in [0.15, 0.2) is 0 Å². The number of hydrogen-bond acceptors (Lipinski definition) is 2. The molecule has 0 saturated heterocycles. The maximum atomic E-state index is 12.1. The summed E-state index contributed by atoms with van der Waals surface area (Å²) in [5.74, 6) is 0. The molecule has 1 heterocycles. The first-order valence-corrected chi connectivity index (χ1v) is 3.21. The van der Waals surface area contributed by atoms with E-state index in [9.17, 15) is 13.2 Å².